The fraction of sp³-hybridized carbons (Fsp3) is 0. The first kappa shape index (κ1) is 20.7. The molecule has 0 unspecified atom stereocenters. The lowest BCUT2D eigenvalue weighted by Gasteiger charge is -2.10. The number of hydrogen-bond acceptors (Lipinski definition) is 5. The fourth-order valence-corrected chi connectivity index (χ4v) is 4.62. The third kappa shape index (κ3) is 3.92. The first-order chi connectivity index (χ1) is 14.8. The van der Waals surface area contributed by atoms with Crippen LogP contribution in [0.4, 0.5) is 4.39 Å². The lowest BCUT2D eigenvalue weighted by Crippen LogP contribution is -2.06. The molecule has 4 aromatic rings. The van der Waals surface area contributed by atoms with Crippen molar-refractivity contribution in [2.75, 3.05) is 0 Å². The summed E-state index contributed by atoms with van der Waals surface area (Å²) in [6.07, 6.45) is 0. The van der Waals surface area contributed by atoms with Crippen LogP contribution in [0.5, 0.6) is 0 Å². The van der Waals surface area contributed by atoms with Crippen LogP contribution in [0.15, 0.2) is 82.7 Å². The van der Waals surface area contributed by atoms with E-state index in [4.69, 9.17) is 11.6 Å². The molecule has 0 aliphatic heterocycles. The van der Waals surface area contributed by atoms with Gasteiger partial charge in [0.2, 0.25) is 14.9 Å². The van der Waals surface area contributed by atoms with Gasteiger partial charge in [-0.3, -0.25) is 0 Å². The Labute approximate surface area is 181 Å². The van der Waals surface area contributed by atoms with Crippen LogP contribution in [0, 0.1) is 5.82 Å². The van der Waals surface area contributed by atoms with E-state index in [0.717, 1.165) is 0 Å². The second-order valence-corrected chi connectivity index (χ2v) is 8.78. The van der Waals surface area contributed by atoms with Crippen LogP contribution < -0.4 is 0 Å². The zero-order chi connectivity index (χ0) is 22.2. The summed E-state index contributed by atoms with van der Waals surface area (Å²) in [5.74, 6) is -1.66. The van der Waals surface area contributed by atoms with Crippen LogP contribution in [-0.4, -0.2) is 34.5 Å². The van der Waals surface area contributed by atoms with Gasteiger partial charge in [-0.25, -0.2) is 22.3 Å². The maximum Gasteiger partial charge on any atom is 0.335 e. The van der Waals surface area contributed by atoms with Gasteiger partial charge in [0, 0.05) is 10.6 Å². The molecule has 0 atom stereocenters. The predicted molar refractivity (Wildman–Crippen MR) is 111 cm³/mol. The molecule has 0 aliphatic carbocycles. The first-order valence-corrected chi connectivity index (χ1v) is 10.7. The van der Waals surface area contributed by atoms with Gasteiger partial charge in [-0.1, -0.05) is 28.9 Å². The number of sulfone groups is 1. The van der Waals surface area contributed by atoms with Gasteiger partial charge >= 0.3 is 5.97 Å². The Morgan fingerprint density at radius 1 is 1.00 bits per heavy atom. The standard InChI is InChI=1S/C21H13ClFN3O4S/c22-15-4-2-6-18(12-15)31(29,30)20-19(13-7-9-16(23)10-8-13)26(25-24-20)17-5-1-3-14(11-17)21(27)28/h1-12H,(H,27,28). The van der Waals surface area contributed by atoms with Gasteiger partial charge in [-0.05, 0) is 60.7 Å². The zero-order valence-corrected chi connectivity index (χ0v) is 17.2. The Morgan fingerprint density at radius 3 is 2.39 bits per heavy atom. The predicted octanol–water partition coefficient (Wildman–Crippen LogP) is 4.26. The minimum absolute atomic E-state index is 0.0164. The molecule has 4 rings (SSSR count). The van der Waals surface area contributed by atoms with Crippen molar-refractivity contribution < 1.29 is 22.7 Å². The molecule has 0 bridgehead atoms. The van der Waals surface area contributed by atoms with Crippen LogP contribution in [0.3, 0.4) is 0 Å². The monoisotopic (exact) mass is 457 g/mol. The lowest BCUT2D eigenvalue weighted by molar-refractivity contribution is 0.0697. The van der Waals surface area contributed by atoms with E-state index in [2.05, 4.69) is 10.3 Å². The number of aromatic nitrogens is 3. The molecule has 0 aliphatic rings. The Bertz CT molecular complexity index is 1400. The van der Waals surface area contributed by atoms with Crippen molar-refractivity contribution in [2.24, 2.45) is 0 Å². The van der Waals surface area contributed by atoms with Gasteiger partial charge in [0.15, 0.2) is 0 Å². The molecular weight excluding hydrogens is 445 g/mol. The van der Waals surface area contributed by atoms with E-state index in [-0.39, 0.29) is 31.9 Å². The summed E-state index contributed by atoms with van der Waals surface area (Å²) in [6, 6.07) is 16.6. The minimum atomic E-state index is -4.15. The summed E-state index contributed by atoms with van der Waals surface area (Å²) in [7, 11) is -4.15. The van der Waals surface area contributed by atoms with Gasteiger partial charge < -0.3 is 5.11 Å². The highest BCUT2D eigenvalue weighted by Crippen LogP contribution is 2.32. The zero-order valence-electron chi connectivity index (χ0n) is 15.6. The van der Waals surface area contributed by atoms with Crippen molar-refractivity contribution in [3.8, 4) is 16.9 Å². The van der Waals surface area contributed by atoms with E-state index in [1.165, 1.54) is 71.4 Å². The highest BCUT2D eigenvalue weighted by Gasteiger charge is 2.29. The molecule has 156 valence electrons. The third-order valence-electron chi connectivity index (χ3n) is 4.46. The van der Waals surface area contributed by atoms with Gasteiger partial charge in [0.25, 0.3) is 0 Å². The average molecular weight is 458 g/mol. The van der Waals surface area contributed by atoms with Crippen molar-refractivity contribution >= 4 is 27.4 Å². The molecule has 3 aromatic carbocycles. The summed E-state index contributed by atoms with van der Waals surface area (Å²) >= 11 is 5.96. The molecule has 0 fully saturated rings. The Hall–Kier alpha value is -3.56. The topological polar surface area (TPSA) is 102 Å². The molecule has 31 heavy (non-hydrogen) atoms. The molecule has 0 saturated carbocycles. The Balaban J connectivity index is 1.99. The highest BCUT2D eigenvalue weighted by molar-refractivity contribution is 7.91. The molecule has 1 aromatic heterocycles. The Kier molecular flexibility index (Phi) is 5.30. The molecule has 1 heterocycles. The van der Waals surface area contributed by atoms with Crippen molar-refractivity contribution in [3.63, 3.8) is 0 Å². The summed E-state index contributed by atoms with van der Waals surface area (Å²) in [5.41, 5.74) is 0.645. The first-order valence-electron chi connectivity index (χ1n) is 8.83. The SMILES string of the molecule is O=C(O)c1cccc(-n2nnc(S(=O)(=O)c3cccc(Cl)c3)c2-c2ccc(F)cc2)c1. The number of carboxylic acid groups (broad SMARTS) is 1. The van der Waals surface area contributed by atoms with Crippen LogP contribution in [-0.2, 0) is 9.84 Å². The second-order valence-electron chi connectivity index (χ2n) is 6.48. The van der Waals surface area contributed by atoms with Gasteiger partial charge in [0.05, 0.1) is 16.1 Å². The molecule has 1 N–H and O–H groups in total. The molecule has 0 radical (unpaired) electrons. The number of hydrogen-bond donors (Lipinski definition) is 1. The molecule has 10 heteroatoms. The van der Waals surface area contributed by atoms with Crippen LogP contribution in [0.2, 0.25) is 5.02 Å². The van der Waals surface area contributed by atoms with Crippen LogP contribution in [0.25, 0.3) is 16.9 Å². The molecule has 7 nitrogen and oxygen atoms in total. The minimum Gasteiger partial charge on any atom is -0.478 e. The van der Waals surface area contributed by atoms with Crippen molar-refractivity contribution in [1.29, 1.82) is 0 Å². The summed E-state index contributed by atoms with van der Waals surface area (Å²) in [4.78, 5) is 11.3. The highest BCUT2D eigenvalue weighted by atomic mass is 35.5. The fourth-order valence-electron chi connectivity index (χ4n) is 3.00. The largest absolute Gasteiger partial charge is 0.478 e. The average Bonchev–Trinajstić information content (AvgIpc) is 3.20. The summed E-state index contributed by atoms with van der Waals surface area (Å²) in [5, 5.41) is 17.0. The van der Waals surface area contributed by atoms with Crippen molar-refractivity contribution in [2.45, 2.75) is 9.92 Å². The van der Waals surface area contributed by atoms with E-state index < -0.39 is 21.6 Å². The smallest absolute Gasteiger partial charge is 0.335 e. The van der Waals surface area contributed by atoms with Crippen LogP contribution in [0.1, 0.15) is 10.4 Å². The summed E-state index contributed by atoms with van der Waals surface area (Å²) in [6.45, 7) is 0. The van der Waals surface area contributed by atoms with Crippen molar-refractivity contribution in [1.82, 2.24) is 15.0 Å². The van der Waals surface area contributed by atoms with E-state index in [1.54, 1.807) is 6.07 Å². The van der Waals surface area contributed by atoms with Gasteiger partial charge in [-0.15, -0.1) is 5.10 Å². The number of carboxylic acids is 1. The van der Waals surface area contributed by atoms with Crippen molar-refractivity contribution in [3.05, 3.63) is 89.2 Å². The number of rotatable bonds is 5. The van der Waals surface area contributed by atoms with Crippen LogP contribution >= 0.6 is 11.6 Å². The summed E-state index contributed by atoms with van der Waals surface area (Å²) < 4.78 is 41.4. The number of benzene rings is 3. The molecule has 0 amide bonds. The maximum atomic E-state index is 13.5. The molecular formula is C21H13ClFN3O4S. The number of nitrogens with zero attached hydrogens (tertiary/aromatic N) is 3. The molecule has 0 saturated heterocycles. The van der Waals surface area contributed by atoms with Gasteiger partial charge in [-0.2, -0.15) is 0 Å². The van der Waals surface area contributed by atoms with E-state index >= 15 is 0 Å². The third-order valence-corrected chi connectivity index (χ3v) is 6.35. The normalized spacial score (nSPS) is 11.4. The van der Waals surface area contributed by atoms with E-state index in [0.29, 0.717) is 5.56 Å². The second kappa shape index (κ2) is 7.93. The lowest BCUT2D eigenvalue weighted by atomic mass is 10.1. The van der Waals surface area contributed by atoms with Gasteiger partial charge in [0.1, 0.15) is 11.5 Å². The number of halogens is 2. The number of carbonyl (C=O) groups is 1. The molecule has 0 spiro atoms. The van der Waals surface area contributed by atoms with E-state index in [1.807, 2.05) is 0 Å². The number of aromatic carboxylic acids is 1. The van der Waals surface area contributed by atoms with E-state index in [9.17, 15) is 22.7 Å². The maximum absolute atomic E-state index is 13.5. The Morgan fingerprint density at radius 2 is 1.71 bits per heavy atom. The quantitative estimate of drug-likeness (QED) is 0.480.